The van der Waals surface area contributed by atoms with E-state index in [1.807, 2.05) is 6.07 Å². The number of hydrogen-bond acceptors (Lipinski definition) is 6. The van der Waals surface area contributed by atoms with Crippen molar-refractivity contribution < 1.29 is 18.6 Å². The lowest BCUT2D eigenvalue weighted by atomic mass is 10.2. The molecule has 4 rings (SSSR count). The molecule has 0 spiro atoms. The van der Waals surface area contributed by atoms with Crippen molar-refractivity contribution in [1.82, 2.24) is 4.72 Å². The molecule has 1 amide bonds. The van der Waals surface area contributed by atoms with E-state index in [-0.39, 0.29) is 6.17 Å². The zero-order valence-electron chi connectivity index (χ0n) is 13.4. The second kappa shape index (κ2) is 5.92. The molecule has 2 aromatic rings. The molecule has 25 heavy (non-hydrogen) atoms. The average molecular weight is 361 g/mol. The number of primary amides is 1. The van der Waals surface area contributed by atoms with Crippen molar-refractivity contribution in [3.63, 3.8) is 0 Å². The average Bonchev–Trinajstić information content (AvgIpc) is 3.02. The van der Waals surface area contributed by atoms with Gasteiger partial charge in [0.25, 0.3) is 0 Å². The lowest BCUT2D eigenvalue weighted by Gasteiger charge is -2.46. The van der Waals surface area contributed by atoms with Gasteiger partial charge in [0.05, 0.1) is 11.9 Å². The number of benzene rings is 2. The number of carbonyl (C=O) groups excluding carboxylic acids is 1. The summed E-state index contributed by atoms with van der Waals surface area (Å²) in [6.07, 6.45) is 1.84. The number of ether oxygens (including phenoxy) is 1. The molecule has 0 radical (unpaired) electrons. The molecular weight excluding hydrogens is 342 g/mol. The van der Waals surface area contributed by atoms with Crippen LogP contribution in [0.2, 0.25) is 0 Å². The van der Waals surface area contributed by atoms with E-state index in [1.54, 1.807) is 36.4 Å². The zero-order valence-corrected chi connectivity index (χ0v) is 14.2. The molecule has 0 aromatic heterocycles. The van der Waals surface area contributed by atoms with Gasteiger partial charge in [0, 0.05) is 18.2 Å². The maximum atomic E-state index is 11.3. The smallest absolute Gasteiger partial charge is 0.248 e. The van der Waals surface area contributed by atoms with E-state index < -0.39 is 16.7 Å². The molecule has 1 atom stereocenters. The lowest BCUT2D eigenvalue weighted by molar-refractivity contribution is 0.1000. The van der Waals surface area contributed by atoms with Crippen LogP contribution in [0.5, 0.6) is 11.5 Å². The molecule has 2 heterocycles. The number of hydrogen-bond donors (Lipinski definition) is 4. The predicted molar refractivity (Wildman–Crippen MR) is 96.1 cm³/mol. The van der Waals surface area contributed by atoms with Crippen LogP contribution in [0.3, 0.4) is 0 Å². The Morgan fingerprint density at radius 2 is 2.04 bits per heavy atom. The number of nitrogens with one attached hydrogen (secondary N) is 1. The Labute approximate surface area is 146 Å². The molecule has 0 bridgehead atoms. The van der Waals surface area contributed by atoms with Gasteiger partial charge in [-0.2, -0.15) is 4.72 Å². The summed E-state index contributed by atoms with van der Waals surface area (Å²) in [5.41, 5.74) is 6.45. The largest absolute Gasteiger partial charge is 0.457 e. The summed E-state index contributed by atoms with van der Waals surface area (Å²) in [6.45, 7) is 0.876. The van der Waals surface area contributed by atoms with Gasteiger partial charge in [0.2, 0.25) is 5.91 Å². The van der Waals surface area contributed by atoms with Crippen LogP contribution in [0.1, 0.15) is 23.2 Å². The SMILES string of the molecule is NC(=O)c1cccc(Oc2ccc3c(c2)S(O)(O)NC2CCCN32)c1. The monoisotopic (exact) mass is 361 g/mol. The highest BCUT2D eigenvalue weighted by molar-refractivity contribution is 8.22. The van der Waals surface area contributed by atoms with Gasteiger partial charge >= 0.3 is 0 Å². The Bertz CT molecular complexity index is 842. The molecule has 5 N–H and O–H groups in total. The number of nitrogens with two attached hydrogens (primary N) is 1. The fourth-order valence-corrected chi connectivity index (χ4v) is 4.81. The number of anilines is 1. The molecule has 2 aliphatic heterocycles. The van der Waals surface area contributed by atoms with Gasteiger partial charge in [0.15, 0.2) is 0 Å². The van der Waals surface area contributed by atoms with Crippen molar-refractivity contribution in [1.29, 1.82) is 0 Å². The highest BCUT2D eigenvalue weighted by atomic mass is 32.3. The quantitative estimate of drug-likeness (QED) is 0.669. The Morgan fingerprint density at radius 1 is 1.24 bits per heavy atom. The molecule has 2 aromatic carbocycles. The topological polar surface area (TPSA) is 108 Å². The summed E-state index contributed by atoms with van der Waals surface area (Å²) >= 11 is 0. The van der Waals surface area contributed by atoms with Crippen molar-refractivity contribution in [3.05, 3.63) is 48.0 Å². The van der Waals surface area contributed by atoms with Gasteiger partial charge in [-0.05, 0) is 43.2 Å². The normalized spacial score (nSPS) is 22.0. The van der Waals surface area contributed by atoms with E-state index in [0.29, 0.717) is 22.0 Å². The molecule has 132 valence electrons. The Hall–Kier alpha value is -2.26. The minimum absolute atomic E-state index is 0.0449. The molecule has 1 fully saturated rings. The third-order valence-corrected chi connectivity index (χ3v) is 6.00. The van der Waals surface area contributed by atoms with Gasteiger partial charge in [-0.15, -0.1) is 10.8 Å². The van der Waals surface area contributed by atoms with Crippen LogP contribution in [-0.4, -0.2) is 27.7 Å². The van der Waals surface area contributed by atoms with Crippen LogP contribution >= 0.6 is 10.8 Å². The molecule has 0 aliphatic carbocycles. The highest BCUT2D eigenvalue weighted by Crippen LogP contribution is 2.55. The standard InChI is InChI=1S/C17H19N3O4S/c18-17(21)11-3-1-4-12(9-11)24-13-6-7-14-15(10-13)25(22,23)19-16-5-2-8-20(14)16/h1,3-4,6-7,9-10,16,19,22-23H,2,5,8H2,(H2,18,21). The van der Waals surface area contributed by atoms with Crippen LogP contribution in [0.4, 0.5) is 5.69 Å². The molecule has 1 unspecified atom stereocenters. The van der Waals surface area contributed by atoms with Crippen LogP contribution in [-0.2, 0) is 0 Å². The zero-order chi connectivity index (χ0) is 17.6. The van der Waals surface area contributed by atoms with Crippen molar-refractivity contribution in [3.8, 4) is 11.5 Å². The summed E-state index contributed by atoms with van der Waals surface area (Å²) in [5, 5.41) is 0. The number of carbonyl (C=O) groups is 1. The summed E-state index contributed by atoms with van der Waals surface area (Å²) in [5.74, 6) is 0.379. The predicted octanol–water partition coefficient (Wildman–Crippen LogP) is 3.13. The van der Waals surface area contributed by atoms with Crippen molar-refractivity contribution in [2.45, 2.75) is 23.9 Å². The van der Waals surface area contributed by atoms with E-state index >= 15 is 0 Å². The summed E-state index contributed by atoms with van der Waals surface area (Å²) in [7, 11) is -3.08. The molecule has 7 nitrogen and oxygen atoms in total. The lowest BCUT2D eigenvalue weighted by Crippen LogP contribution is -2.46. The van der Waals surface area contributed by atoms with Crippen LogP contribution in [0, 0.1) is 0 Å². The third-order valence-electron chi connectivity index (χ3n) is 4.45. The molecular formula is C17H19N3O4S. The fraction of sp³-hybridized carbons (Fsp3) is 0.235. The maximum absolute atomic E-state index is 11.3. The Kier molecular flexibility index (Phi) is 3.84. The van der Waals surface area contributed by atoms with Gasteiger partial charge in [-0.25, -0.2) is 0 Å². The Balaban J connectivity index is 1.67. The van der Waals surface area contributed by atoms with E-state index in [4.69, 9.17) is 10.5 Å². The van der Waals surface area contributed by atoms with Crippen molar-refractivity contribution >= 4 is 22.4 Å². The summed E-state index contributed by atoms with van der Waals surface area (Å²) < 4.78 is 29.6. The number of rotatable bonds is 3. The van der Waals surface area contributed by atoms with Crippen LogP contribution in [0.15, 0.2) is 47.4 Å². The first kappa shape index (κ1) is 16.2. The first-order chi connectivity index (χ1) is 11.9. The number of amides is 1. The van der Waals surface area contributed by atoms with E-state index in [2.05, 4.69) is 9.62 Å². The maximum Gasteiger partial charge on any atom is 0.248 e. The minimum Gasteiger partial charge on any atom is -0.457 e. The highest BCUT2D eigenvalue weighted by Gasteiger charge is 2.38. The van der Waals surface area contributed by atoms with Gasteiger partial charge in [0.1, 0.15) is 16.4 Å². The molecule has 1 saturated heterocycles. The fourth-order valence-electron chi connectivity index (χ4n) is 3.30. The first-order valence-electron chi connectivity index (χ1n) is 7.98. The second-order valence-corrected chi connectivity index (χ2v) is 7.92. The van der Waals surface area contributed by atoms with E-state index in [1.165, 1.54) is 0 Å². The minimum atomic E-state index is -3.08. The van der Waals surface area contributed by atoms with E-state index in [0.717, 1.165) is 25.1 Å². The van der Waals surface area contributed by atoms with Gasteiger partial charge in [-0.1, -0.05) is 6.07 Å². The van der Waals surface area contributed by atoms with Crippen LogP contribution < -0.4 is 20.1 Å². The second-order valence-electron chi connectivity index (χ2n) is 6.14. The summed E-state index contributed by atoms with van der Waals surface area (Å²) in [4.78, 5) is 13.8. The van der Waals surface area contributed by atoms with Gasteiger partial charge in [-0.3, -0.25) is 13.9 Å². The third kappa shape index (κ3) is 2.93. The van der Waals surface area contributed by atoms with Crippen molar-refractivity contribution in [2.75, 3.05) is 11.4 Å². The first-order valence-corrected chi connectivity index (χ1v) is 9.53. The van der Waals surface area contributed by atoms with Gasteiger partial charge < -0.3 is 15.4 Å². The molecule has 8 heteroatoms. The number of fused-ring (bicyclic) bond motifs is 3. The summed E-state index contributed by atoms with van der Waals surface area (Å²) in [6, 6.07) is 11.8. The molecule has 0 saturated carbocycles. The number of nitrogens with zero attached hydrogens (tertiary/aromatic N) is 1. The Morgan fingerprint density at radius 3 is 2.84 bits per heavy atom. The molecule has 2 aliphatic rings. The van der Waals surface area contributed by atoms with Crippen LogP contribution in [0.25, 0.3) is 0 Å². The van der Waals surface area contributed by atoms with Crippen molar-refractivity contribution in [2.24, 2.45) is 5.73 Å². The van der Waals surface area contributed by atoms with E-state index in [9.17, 15) is 13.9 Å².